The number of aromatic nitrogens is 1. The lowest BCUT2D eigenvalue weighted by Crippen LogP contribution is -2.30. The first-order valence-corrected chi connectivity index (χ1v) is 7.50. The van der Waals surface area contributed by atoms with E-state index in [1.807, 2.05) is 0 Å². The highest BCUT2D eigenvalue weighted by Crippen LogP contribution is 2.30. The third-order valence-corrected chi connectivity index (χ3v) is 4.14. The van der Waals surface area contributed by atoms with Crippen LogP contribution in [-0.2, 0) is 11.3 Å². The molecule has 0 fully saturated rings. The van der Waals surface area contributed by atoms with E-state index in [0.29, 0.717) is 11.5 Å². The summed E-state index contributed by atoms with van der Waals surface area (Å²) in [5.74, 6) is -5.63. The van der Waals surface area contributed by atoms with Crippen molar-refractivity contribution in [2.24, 2.45) is 0 Å². The molecule has 2 rings (SSSR count). The summed E-state index contributed by atoms with van der Waals surface area (Å²) in [7, 11) is 0. The average molecular weight is 400 g/mol. The molecule has 0 aliphatic rings. The standard InChI is InChI=1S/C13H7ClF5N3O2S/c14-8-9(25-22-10(8)21-12(24)13(17,18)19)11(23)20-4-5-6(15)2-1-3-7(5)16/h1-3H,4H2,(H,20,23)(H,21,22,24). The smallest absolute Gasteiger partial charge is 0.347 e. The summed E-state index contributed by atoms with van der Waals surface area (Å²) in [5.41, 5.74) is -0.401. The van der Waals surface area contributed by atoms with Gasteiger partial charge in [-0.2, -0.15) is 17.5 Å². The molecule has 0 radical (unpaired) electrons. The van der Waals surface area contributed by atoms with Crippen molar-refractivity contribution in [3.8, 4) is 0 Å². The Morgan fingerprint density at radius 3 is 2.36 bits per heavy atom. The van der Waals surface area contributed by atoms with Crippen LogP contribution in [0.3, 0.4) is 0 Å². The maximum atomic E-state index is 13.5. The molecule has 0 aliphatic heterocycles. The molecule has 2 N–H and O–H groups in total. The summed E-state index contributed by atoms with van der Waals surface area (Å²) in [5, 5.41) is 3.07. The minimum atomic E-state index is -5.16. The molecule has 1 heterocycles. The summed E-state index contributed by atoms with van der Waals surface area (Å²) in [6, 6.07) is 3.13. The van der Waals surface area contributed by atoms with Gasteiger partial charge in [0.1, 0.15) is 21.5 Å². The van der Waals surface area contributed by atoms with Gasteiger partial charge in [-0.1, -0.05) is 17.7 Å². The molecule has 0 atom stereocenters. The molecule has 0 saturated carbocycles. The van der Waals surface area contributed by atoms with Crippen molar-refractivity contribution >= 4 is 40.8 Å². The van der Waals surface area contributed by atoms with Gasteiger partial charge in [-0.15, -0.1) is 0 Å². The summed E-state index contributed by atoms with van der Waals surface area (Å²) in [6.07, 6.45) is -5.16. The first kappa shape index (κ1) is 19.1. The van der Waals surface area contributed by atoms with Gasteiger partial charge in [0, 0.05) is 12.1 Å². The van der Waals surface area contributed by atoms with Crippen LogP contribution in [0.2, 0.25) is 5.02 Å². The van der Waals surface area contributed by atoms with Gasteiger partial charge in [-0.05, 0) is 23.7 Å². The number of anilines is 1. The summed E-state index contributed by atoms with van der Waals surface area (Å²) in [6.45, 7) is -0.518. The Bertz CT molecular complexity index is 804. The molecule has 0 saturated heterocycles. The molecule has 0 unspecified atom stereocenters. The SMILES string of the molecule is O=C(NCc1c(F)cccc1F)c1snc(NC(=O)C(F)(F)F)c1Cl. The van der Waals surface area contributed by atoms with Crippen LogP contribution in [-0.4, -0.2) is 22.4 Å². The molecule has 0 aliphatic carbocycles. The topological polar surface area (TPSA) is 71.1 Å². The van der Waals surface area contributed by atoms with Crippen LogP contribution in [0.1, 0.15) is 15.2 Å². The zero-order valence-corrected chi connectivity index (χ0v) is 13.5. The van der Waals surface area contributed by atoms with Crippen molar-refractivity contribution in [1.82, 2.24) is 9.69 Å². The Morgan fingerprint density at radius 1 is 1.20 bits per heavy atom. The quantitative estimate of drug-likeness (QED) is 0.773. The Morgan fingerprint density at radius 2 is 1.80 bits per heavy atom. The van der Waals surface area contributed by atoms with Gasteiger partial charge in [0.15, 0.2) is 5.82 Å². The van der Waals surface area contributed by atoms with Gasteiger partial charge in [-0.3, -0.25) is 9.59 Å². The second-order valence-corrected chi connectivity index (χ2v) is 5.66. The fourth-order valence-electron chi connectivity index (χ4n) is 1.63. The Labute approximate surface area is 146 Å². The number of benzene rings is 1. The van der Waals surface area contributed by atoms with Gasteiger partial charge in [0.05, 0.1) is 0 Å². The molecule has 5 nitrogen and oxygen atoms in total. The highest BCUT2D eigenvalue weighted by molar-refractivity contribution is 7.09. The molecule has 134 valence electrons. The number of nitrogens with zero attached hydrogens (tertiary/aromatic N) is 1. The van der Waals surface area contributed by atoms with Crippen LogP contribution >= 0.6 is 23.1 Å². The van der Waals surface area contributed by atoms with Crippen molar-refractivity contribution in [2.45, 2.75) is 12.7 Å². The Kier molecular flexibility index (Phi) is 5.58. The number of carbonyl (C=O) groups excluding carboxylic acids is 2. The van der Waals surface area contributed by atoms with Crippen LogP contribution in [0.4, 0.5) is 27.8 Å². The second kappa shape index (κ2) is 7.31. The van der Waals surface area contributed by atoms with E-state index in [1.54, 1.807) is 0 Å². The highest BCUT2D eigenvalue weighted by atomic mass is 35.5. The summed E-state index contributed by atoms with van der Waals surface area (Å²) >= 11 is 6.13. The van der Waals surface area contributed by atoms with Crippen LogP contribution in [0.15, 0.2) is 18.2 Å². The first-order valence-electron chi connectivity index (χ1n) is 6.35. The molecule has 1 aromatic carbocycles. The predicted molar refractivity (Wildman–Crippen MR) is 79.3 cm³/mol. The fraction of sp³-hybridized carbons (Fsp3) is 0.154. The Balaban J connectivity index is 2.09. The normalized spacial score (nSPS) is 11.3. The minimum absolute atomic E-state index is 0.323. The second-order valence-electron chi connectivity index (χ2n) is 4.51. The maximum absolute atomic E-state index is 13.5. The van der Waals surface area contributed by atoms with Crippen molar-refractivity contribution in [3.63, 3.8) is 0 Å². The van der Waals surface area contributed by atoms with Crippen molar-refractivity contribution in [2.75, 3.05) is 5.32 Å². The van der Waals surface area contributed by atoms with Gasteiger partial charge in [0.25, 0.3) is 5.91 Å². The number of nitrogens with one attached hydrogen (secondary N) is 2. The van der Waals surface area contributed by atoms with Crippen LogP contribution in [0, 0.1) is 11.6 Å². The van der Waals surface area contributed by atoms with E-state index in [0.717, 1.165) is 18.2 Å². The molecule has 2 amide bonds. The zero-order valence-electron chi connectivity index (χ0n) is 11.9. The zero-order chi connectivity index (χ0) is 18.8. The number of halogens is 6. The van der Waals surface area contributed by atoms with Crippen LogP contribution < -0.4 is 10.6 Å². The number of carbonyl (C=O) groups is 2. The monoisotopic (exact) mass is 399 g/mol. The lowest BCUT2D eigenvalue weighted by Gasteiger charge is -2.07. The van der Waals surface area contributed by atoms with Crippen LogP contribution in [0.5, 0.6) is 0 Å². The van der Waals surface area contributed by atoms with E-state index in [4.69, 9.17) is 11.6 Å². The largest absolute Gasteiger partial charge is 0.471 e. The van der Waals surface area contributed by atoms with Gasteiger partial charge < -0.3 is 10.6 Å². The number of rotatable bonds is 4. The third-order valence-electron chi connectivity index (χ3n) is 2.82. The summed E-state index contributed by atoms with van der Waals surface area (Å²) < 4.78 is 66.9. The number of alkyl halides is 3. The van der Waals surface area contributed by atoms with Crippen LogP contribution in [0.25, 0.3) is 0 Å². The molecule has 12 heteroatoms. The summed E-state index contributed by atoms with van der Waals surface area (Å²) in [4.78, 5) is 22.5. The van der Waals surface area contributed by atoms with Crippen molar-refractivity contribution < 1.29 is 31.5 Å². The lowest BCUT2D eigenvalue weighted by molar-refractivity contribution is -0.167. The van der Waals surface area contributed by atoms with E-state index in [2.05, 4.69) is 9.69 Å². The van der Waals surface area contributed by atoms with E-state index in [9.17, 15) is 31.5 Å². The lowest BCUT2D eigenvalue weighted by atomic mass is 10.2. The van der Waals surface area contributed by atoms with Gasteiger partial charge in [0.2, 0.25) is 0 Å². The third kappa shape index (κ3) is 4.42. The minimum Gasteiger partial charge on any atom is -0.347 e. The molecule has 25 heavy (non-hydrogen) atoms. The Hall–Kier alpha value is -2.27. The highest BCUT2D eigenvalue weighted by Gasteiger charge is 2.39. The first-order chi connectivity index (χ1) is 11.6. The van der Waals surface area contributed by atoms with Gasteiger partial charge in [-0.25, -0.2) is 8.78 Å². The maximum Gasteiger partial charge on any atom is 0.471 e. The number of hydrogen-bond donors (Lipinski definition) is 2. The van der Waals surface area contributed by atoms with Crippen molar-refractivity contribution in [1.29, 1.82) is 0 Å². The predicted octanol–water partition coefficient (Wildman–Crippen LogP) is 3.51. The molecule has 0 spiro atoms. The van der Waals surface area contributed by atoms with E-state index in [1.165, 1.54) is 5.32 Å². The molecular formula is C13H7ClF5N3O2S. The van der Waals surface area contributed by atoms with Gasteiger partial charge >= 0.3 is 12.1 Å². The average Bonchev–Trinajstić information content (AvgIpc) is 2.87. The van der Waals surface area contributed by atoms with E-state index < -0.39 is 52.6 Å². The fourth-order valence-corrected chi connectivity index (χ4v) is 2.61. The molecule has 0 bridgehead atoms. The number of amides is 2. The molecule has 2 aromatic rings. The van der Waals surface area contributed by atoms with E-state index >= 15 is 0 Å². The molecular weight excluding hydrogens is 393 g/mol. The number of hydrogen-bond acceptors (Lipinski definition) is 4. The molecule has 1 aromatic heterocycles. The van der Waals surface area contributed by atoms with Crippen molar-refractivity contribution in [3.05, 3.63) is 45.3 Å². The van der Waals surface area contributed by atoms with E-state index in [-0.39, 0.29) is 4.88 Å².